The third-order valence-electron chi connectivity index (χ3n) is 5.14. The topological polar surface area (TPSA) is 37.6 Å². The molecule has 0 saturated heterocycles. The Morgan fingerprint density at radius 1 is 0.833 bits per heavy atom. The van der Waals surface area contributed by atoms with Crippen molar-refractivity contribution in [1.29, 1.82) is 0 Å². The van der Waals surface area contributed by atoms with Crippen molar-refractivity contribution in [2.24, 2.45) is 9.98 Å². The van der Waals surface area contributed by atoms with Crippen LogP contribution in [0.2, 0.25) is 0 Å². The minimum atomic E-state index is 0.859. The van der Waals surface area contributed by atoms with E-state index in [1.165, 1.54) is 16.7 Å². The summed E-state index contributed by atoms with van der Waals surface area (Å²) in [7, 11) is 0. The number of aromatic nitrogens is 1. The number of para-hydroxylation sites is 1. The number of rotatable bonds is 6. The van der Waals surface area contributed by atoms with Crippen LogP contribution < -0.4 is 0 Å². The van der Waals surface area contributed by atoms with Crippen molar-refractivity contribution in [3.8, 4) is 0 Å². The molecule has 1 aromatic heterocycles. The highest BCUT2D eigenvalue weighted by Gasteiger charge is 2.07. The van der Waals surface area contributed by atoms with Crippen molar-refractivity contribution in [1.82, 2.24) is 4.98 Å². The van der Waals surface area contributed by atoms with E-state index in [1.807, 2.05) is 38.1 Å². The van der Waals surface area contributed by atoms with E-state index in [2.05, 4.69) is 63.7 Å². The summed E-state index contributed by atoms with van der Waals surface area (Å²) in [4.78, 5) is 14.5. The molecular formula is C27H29N3. The fraction of sp³-hybridized carbons (Fsp3) is 0.222. The van der Waals surface area contributed by atoms with Crippen LogP contribution in [0.25, 0.3) is 0 Å². The molecule has 0 aliphatic heterocycles. The molecule has 0 aliphatic carbocycles. The highest BCUT2D eigenvalue weighted by atomic mass is 14.8. The molecule has 0 N–H and O–H groups in total. The van der Waals surface area contributed by atoms with Gasteiger partial charge in [0, 0.05) is 0 Å². The molecule has 3 rings (SSSR count). The molecule has 2 aromatic carbocycles. The average molecular weight is 396 g/mol. The van der Waals surface area contributed by atoms with Crippen LogP contribution in [0.3, 0.4) is 0 Å². The van der Waals surface area contributed by atoms with Gasteiger partial charge in [0.2, 0.25) is 0 Å². The van der Waals surface area contributed by atoms with E-state index in [4.69, 9.17) is 15.0 Å². The van der Waals surface area contributed by atoms with Gasteiger partial charge in [-0.25, -0.2) is 4.98 Å². The fourth-order valence-corrected chi connectivity index (χ4v) is 3.42. The lowest BCUT2D eigenvalue weighted by Gasteiger charge is -2.08. The van der Waals surface area contributed by atoms with Gasteiger partial charge in [0.15, 0.2) is 0 Å². The van der Waals surface area contributed by atoms with Crippen LogP contribution in [0.1, 0.15) is 47.5 Å². The van der Waals surface area contributed by atoms with Gasteiger partial charge in [0.25, 0.3) is 0 Å². The minimum Gasteiger partial charge on any atom is -0.251 e. The fourth-order valence-electron chi connectivity index (χ4n) is 3.42. The molecule has 0 aliphatic rings. The van der Waals surface area contributed by atoms with Crippen LogP contribution in [0, 0.1) is 20.8 Å². The van der Waals surface area contributed by atoms with Crippen molar-refractivity contribution in [3.63, 3.8) is 0 Å². The Bertz CT molecular complexity index is 1120. The molecule has 3 aromatic rings. The number of hydrogen-bond donors (Lipinski definition) is 0. The van der Waals surface area contributed by atoms with Gasteiger partial charge in [0.05, 0.1) is 34.2 Å². The summed E-state index contributed by atoms with van der Waals surface area (Å²) < 4.78 is 0. The van der Waals surface area contributed by atoms with Crippen molar-refractivity contribution in [2.75, 3.05) is 0 Å². The lowest BCUT2D eigenvalue weighted by Crippen LogP contribution is -2.05. The summed E-state index contributed by atoms with van der Waals surface area (Å²) in [5.41, 5.74) is 10.2. The predicted molar refractivity (Wildman–Crippen MR) is 129 cm³/mol. The van der Waals surface area contributed by atoms with Crippen molar-refractivity contribution >= 4 is 22.8 Å². The molecule has 3 nitrogen and oxygen atoms in total. The Balaban J connectivity index is 1.92. The number of pyridine rings is 1. The zero-order valence-corrected chi connectivity index (χ0v) is 18.5. The number of benzene rings is 2. The Kier molecular flexibility index (Phi) is 6.73. The van der Waals surface area contributed by atoms with Gasteiger partial charge in [-0.2, -0.15) is 0 Å². The van der Waals surface area contributed by atoms with Crippen LogP contribution in [0.5, 0.6) is 0 Å². The summed E-state index contributed by atoms with van der Waals surface area (Å²) in [6, 6.07) is 18.6. The Labute approximate surface area is 180 Å². The second-order valence-corrected chi connectivity index (χ2v) is 7.66. The molecule has 30 heavy (non-hydrogen) atoms. The van der Waals surface area contributed by atoms with Crippen LogP contribution in [0.15, 0.2) is 77.2 Å². The molecule has 0 saturated carbocycles. The van der Waals surface area contributed by atoms with Gasteiger partial charge < -0.3 is 0 Å². The summed E-state index contributed by atoms with van der Waals surface area (Å²) >= 11 is 0. The monoisotopic (exact) mass is 395 g/mol. The van der Waals surface area contributed by atoms with E-state index in [0.29, 0.717) is 0 Å². The quantitative estimate of drug-likeness (QED) is 0.326. The zero-order chi connectivity index (χ0) is 21.7. The van der Waals surface area contributed by atoms with Gasteiger partial charge in [-0.15, -0.1) is 6.58 Å². The highest BCUT2D eigenvalue weighted by Crippen LogP contribution is 2.24. The first-order valence-electron chi connectivity index (χ1n) is 10.2. The average Bonchev–Trinajstić information content (AvgIpc) is 2.73. The standard InChI is InChI=1S/C27H29N3/c1-7-10-23-15-16-24(20(4)17-23)28-21(5)25-13-9-14-26(30-25)22(6)29-27-18(2)11-8-12-19(27)3/h7-9,11-17H,1,10H2,2-6H3. The third kappa shape index (κ3) is 4.98. The van der Waals surface area contributed by atoms with Crippen molar-refractivity contribution in [3.05, 3.63) is 101 Å². The Hall–Kier alpha value is -3.33. The van der Waals surface area contributed by atoms with Gasteiger partial charge in [-0.05, 0) is 81.5 Å². The maximum Gasteiger partial charge on any atom is 0.0849 e. The first-order chi connectivity index (χ1) is 14.4. The van der Waals surface area contributed by atoms with Crippen molar-refractivity contribution < 1.29 is 0 Å². The second-order valence-electron chi connectivity index (χ2n) is 7.66. The molecule has 0 radical (unpaired) electrons. The molecule has 0 fully saturated rings. The Morgan fingerprint density at radius 2 is 1.43 bits per heavy atom. The summed E-state index contributed by atoms with van der Waals surface area (Å²) in [5, 5.41) is 0. The van der Waals surface area contributed by atoms with E-state index < -0.39 is 0 Å². The molecule has 0 atom stereocenters. The third-order valence-corrected chi connectivity index (χ3v) is 5.14. The molecule has 1 heterocycles. The SMILES string of the molecule is C=CCc1ccc(N=C(C)c2cccc(C(C)=Nc3c(C)cccc3C)n2)c(C)c1. The molecule has 3 heteroatoms. The van der Waals surface area contributed by atoms with E-state index in [0.717, 1.165) is 46.2 Å². The number of aryl methyl sites for hydroxylation is 3. The number of aliphatic imine (C=N–C) groups is 2. The van der Waals surface area contributed by atoms with Crippen molar-refractivity contribution in [2.45, 2.75) is 41.0 Å². The smallest absolute Gasteiger partial charge is 0.0849 e. The molecule has 0 spiro atoms. The number of nitrogens with zero attached hydrogens (tertiary/aromatic N) is 3. The van der Waals surface area contributed by atoms with Crippen LogP contribution in [-0.4, -0.2) is 16.4 Å². The van der Waals surface area contributed by atoms with Crippen LogP contribution >= 0.6 is 0 Å². The molecule has 0 amide bonds. The van der Waals surface area contributed by atoms with Gasteiger partial charge >= 0.3 is 0 Å². The first kappa shape index (κ1) is 21.4. The highest BCUT2D eigenvalue weighted by molar-refractivity contribution is 6.02. The van der Waals surface area contributed by atoms with E-state index in [-0.39, 0.29) is 0 Å². The van der Waals surface area contributed by atoms with Gasteiger partial charge in [-0.1, -0.05) is 42.5 Å². The summed E-state index contributed by atoms with van der Waals surface area (Å²) in [5.74, 6) is 0. The summed E-state index contributed by atoms with van der Waals surface area (Å²) in [6.07, 6.45) is 2.78. The van der Waals surface area contributed by atoms with Crippen LogP contribution in [-0.2, 0) is 6.42 Å². The second kappa shape index (κ2) is 9.45. The lowest BCUT2D eigenvalue weighted by molar-refractivity contribution is 1.22. The molecule has 0 bridgehead atoms. The zero-order valence-electron chi connectivity index (χ0n) is 18.5. The summed E-state index contributed by atoms with van der Waals surface area (Å²) in [6.45, 7) is 14.1. The number of hydrogen-bond acceptors (Lipinski definition) is 3. The molecular weight excluding hydrogens is 366 g/mol. The van der Waals surface area contributed by atoms with Gasteiger partial charge in [0.1, 0.15) is 0 Å². The normalized spacial score (nSPS) is 12.2. The van der Waals surface area contributed by atoms with E-state index >= 15 is 0 Å². The maximum absolute atomic E-state index is 4.86. The number of allylic oxidation sites excluding steroid dienone is 1. The lowest BCUT2D eigenvalue weighted by atomic mass is 10.1. The largest absolute Gasteiger partial charge is 0.251 e. The van der Waals surface area contributed by atoms with E-state index in [9.17, 15) is 0 Å². The Morgan fingerprint density at radius 3 is 2.03 bits per heavy atom. The molecule has 152 valence electrons. The molecule has 0 unspecified atom stereocenters. The van der Waals surface area contributed by atoms with E-state index in [1.54, 1.807) is 0 Å². The van der Waals surface area contributed by atoms with Crippen LogP contribution in [0.4, 0.5) is 11.4 Å². The maximum atomic E-state index is 4.86. The first-order valence-corrected chi connectivity index (χ1v) is 10.2. The minimum absolute atomic E-state index is 0.859. The predicted octanol–water partition coefficient (Wildman–Crippen LogP) is 7.02. The van der Waals surface area contributed by atoms with Gasteiger partial charge in [-0.3, -0.25) is 9.98 Å².